The topological polar surface area (TPSA) is 77.4 Å². The molecule has 1 rings (SSSR count). The molecule has 0 aliphatic rings. The zero-order valence-electron chi connectivity index (χ0n) is 9.42. The minimum absolute atomic E-state index is 0.131. The van der Waals surface area contributed by atoms with Crippen LogP contribution < -0.4 is 16.1 Å². The molecule has 88 valence electrons. The molecule has 0 fully saturated rings. The number of nitrogens with one attached hydrogen (secondary N) is 1. The Morgan fingerprint density at radius 2 is 2.24 bits per heavy atom. The van der Waals surface area contributed by atoms with Gasteiger partial charge in [0, 0.05) is 12.7 Å². The van der Waals surface area contributed by atoms with E-state index in [2.05, 4.69) is 28.8 Å². The van der Waals surface area contributed by atoms with Crippen LogP contribution in [-0.4, -0.2) is 24.9 Å². The predicted octanol–water partition coefficient (Wildman–Crippen LogP) is 0.813. The molecular weight excluding hydrogens is 234 g/mol. The second kappa shape index (κ2) is 6.45. The first-order valence-electron chi connectivity index (χ1n) is 4.90. The molecule has 0 saturated carbocycles. The van der Waals surface area contributed by atoms with Crippen molar-refractivity contribution >= 4 is 29.2 Å². The SMILES string of the molecule is CN(CC#N)c1ccc(C=NNC(N)=S)cc1. The third-order valence-corrected chi connectivity index (χ3v) is 2.12. The molecule has 0 spiro atoms. The van der Waals surface area contributed by atoms with Crippen molar-refractivity contribution in [3.05, 3.63) is 29.8 Å². The number of hydrazone groups is 1. The van der Waals surface area contributed by atoms with Gasteiger partial charge in [-0.15, -0.1) is 0 Å². The molecule has 0 amide bonds. The van der Waals surface area contributed by atoms with Crippen LogP contribution in [0, 0.1) is 11.3 Å². The standard InChI is InChI=1S/C11H13N5S/c1-16(7-6-12)10-4-2-9(3-5-10)8-14-15-11(13)17/h2-5,8H,7H2,1H3,(H3,13,15,17). The maximum absolute atomic E-state index is 8.58. The second-order valence-corrected chi connectivity index (χ2v) is 3.78. The molecule has 0 aromatic heterocycles. The average Bonchev–Trinajstić information content (AvgIpc) is 2.30. The van der Waals surface area contributed by atoms with E-state index in [1.54, 1.807) is 6.21 Å². The summed E-state index contributed by atoms with van der Waals surface area (Å²) in [5.74, 6) is 0. The van der Waals surface area contributed by atoms with E-state index in [0.29, 0.717) is 6.54 Å². The van der Waals surface area contributed by atoms with Gasteiger partial charge in [-0.05, 0) is 29.9 Å². The third kappa shape index (κ3) is 4.49. The number of hydrogen-bond acceptors (Lipinski definition) is 4. The van der Waals surface area contributed by atoms with Crippen LogP contribution in [0.25, 0.3) is 0 Å². The molecule has 3 N–H and O–H groups in total. The van der Waals surface area contributed by atoms with Crippen molar-refractivity contribution in [1.82, 2.24) is 5.43 Å². The van der Waals surface area contributed by atoms with Gasteiger partial charge in [-0.2, -0.15) is 10.4 Å². The summed E-state index contributed by atoms with van der Waals surface area (Å²) in [6.07, 6.45) is 1.62. The fourth-order valence-corrected chi connectivity index (χ4v) is 1.24. The van der Waals surface area contributed by atoms with Gasteiger partial charge in [0.2, 0.25) is 0 Å². The molecule has 1 aromatic carbocycles. The van der Waals surface area contributed by atoms with Crippen LogP contribution in [0.15, 0.2) is 29.4 Å². The Hall–Kier alpha value is -2.13. The van der Waals surface area contributed by atoms with Gasteiger partial charge < -0.3 is 10.6 Å². The Bertz CT molecular complexity index is 446. The van der Waals surface area contributed by atoms with Gasteiger partial charge in [0.05, 0.1) is 12.3 Å². The summed E-state index contributed by atoms with van der Waals surface area (Å²) in [4.78, 5) is 1.86. The number of hydrogen-bond donors (Lipinski definition) is 2. The van der Waals surface area contributed by atoms with Crippen molar-refractivity contribution in [2.24, 2.45) is 10.8 Å². The lowest BCUT2D eigenvalue weighted by Crippen LogP contribution is -2.24. The maximum Gasteiger partial charge on any atom is 0.184 e. The van der Waals surface area contributed by atoms with Crippen molar-refractivity contribution in [2.75, 3.05) is 18.5 Å². The lowest BCUT2D eigenvalue weighted by molar-refractivity contribution is 1.03. The summed E-state index contributed by atoms with van der Waals surface area (Å²) >= 11 is 4.61. The molecule has 6 heteroatoms. The summed E-state index contributed by atoms with van der Waals surface area (Å²) < 4.78 is 0. The van der Waals surface area contributed by atoms with Crippen molar-refractivity contribution in [1.29, 1.82) is 5.26 Å². The van der Waals surface area contributed by atoms with Gasteiger partial charge in [0.1, 0.15) is 6.54 Å². The minimum atomic E-state index is 0.131. The monoisotopic (exact) mass is 247 g/mol. The van der Waals surface area contributed by atoms with Crippen molar-refractivity contribution in [2.45, 2.75) is 0 Å². The molecule has 0 saturated heterocycles. The van der Waals surface area contributed by atoms with E-state index in [1.807, 2.05) is 36.2 Å². The van der Waals surface area contributed by atoms with Gasteiger partial charge in [0.15, 0.2) is 5.11 Å². The number of nitrogens with zero attached hydrogens (tertiary/aromatic N) is 3. The Kier molecular flexibility index (Phi) is 4.91. The molecule has 0 atom stereocenters. The van der Waals surface area contributed by atoms with Gasteiger partial charge in [-0.1, -0.05) is 12.1 Å². The number of nitriles is 1. The molecule has 0 bridgehead atoms. The summed E-state index contributed by atoms with van der Waals surface area (Å²) in [7, 11) is 1.86. The quantitative estimate of drug-likeness (QED) is 0.356. The fraction of sp³-hybridized carbons (Fsp3) is 0.182. The van der Waals surface area contributed by atoms with E-state index in [-0.39, 0.29) is 5.11 Å². The largest absolute Gasteiger partial charge is 0.375 e. The fourth-order valence-electron chi connectivity index (χ4n) is 1.18. The minimum Gasteiger partial charge on any atom is -0.375 e. The number of nitrogens with two attached hydrogens (primary N) is 1. The smallest absolute Gasteiger partial charge is 0.184 e. The molecule has 0 aliphatic heterocycles. The molecule has 1 aromatic rings. The van der Waals surface area contributed by atoms with Crippen LogP contribution in [0.3, 0.4) is 0 Å². The Morgan fingerprint density at radius 3 is 2.76 bits per heavy atom. The number of benzene rings is 1. The molecule has 17 heavy (non-hydrogen) atoms. The zero-order valence-corrected chi connectivity index (χ0v) is 10.2. The second-order valence-electron chi connectivity index (χ2n) is 3.34. The van der Waals surface area contributed by atoms with Gasteiger partial charge in [-0.25, -0.2) is 0 Å². The highest BCUT2D eigenvalue weighted by Crippen LogP contribution is 2.12. The van der Waals surface area contributed by atoms with Crippen LogP contribution in [0.5, 0.6) is 0 Å². The van der Waals surface area contributed by atoms with Crippen LogP contribution in [-0.2, 0) is 0 Å². The van der Waals surface area contributed by atoms with Crippen LogP contribution in [0.2, 0.25) is 0 Å². The summed E-state index contributed by atoms with van der Waals surface area (Å²) in [5.41, 5.74) is 9.60. The van der Waals surface area contributed by atoms with Gasteiger partial charge >= 0.3 is 0 Å². The normalized spacial score (nSPS) is 9.88. The van der Waals surface area contributed by atoms with E-state index in [0.717, 1.165) is 11.3 Å². The molecular formula is C11H13N5S. The molecule has 5 nitrogen and oxygen atoms in total. The van der Waals surface area contributed by atoms with Crippen LogP contribution >= 0.6 is 12.2 Å². The van der Waals surface area contributed by atoms with Crippen LogP contribution in [0.4, 0.5) is 5.69 Å². The summed E-state index contributed by atoms with van der Waals surface area (Å²) in [6, 6.07) is 9.71. The Labute approximate surface area is 106 Å². The maximum atomic E-state index is 8.58. The van der Waals surface area contributed by atoms with Crippen molar-refractivity contribution in [3.63, 3.8) is 0 Å². The molecule has 0 radical (unpaired) electrons. The average molecular weight is 247 g/mol. The van der Waals surface area contributed by atoms with Gasteiger partial charge in [-0.3, -0.25) is 5.43 Å². The molecule has 0 heterocycles. The lowest BCUT2D eigenvalue weighted by Gasteiger charge is -2.14. The van der Waals surface area contributed by atoms with E-state index in [4.69, 9.17) is 11.0 Å². The number of anilines is 1. The van der Waals surface area contributed by atoms with Gasteiger partial charge in [0.25, 0.3) is 0 Å². The number of thiocarbonyl (C=S) groups is 1. The van der Waals surface area contributed by atoms with Crippen molar-refractivity contribution < 1.29 is 0 Å². The first-order chi connectivity index (χ1) is 8.13. The number of rotatable bonds is 4. The third-order valence-electron chi connectivity index (χ3n) is 2.03. The van der Waals surface area contributed by atoms with Crippen molar-refractivity contribution in [3.8, 4) is 6.07 Å². The first-order valence-corrected chi connectivity index (χ1v) is 5.31. The van der Waals surface area contributed by atoms with E-state index >= 15 is 0 Å². The zero-order chi connectivity index (χ0) is 12.7. The highest BCUT2D eigenvalue weighted by molar-refractivity contribution is 7.80. The van der Waals surface area contributed by atoms with E-state index in [1.165, 1.54) is 0 Å². The summed E-state index contributed by atoms with van der Waals surface area (Å²) in [5, 5.41) is 12.6. The van der Waals surface area contributed by atoms with E-state index in [9.17, 15) is 0 Å². The first kappa shape index (κ1) is 12.9. The molecule has 0 unspecified atom stereocenters. The highest BCUT2D eigenvalue weighted by Gasteiger charge is 1.98. The van der Waals surface area contributed by atoms with Crippen LogP contribution in [0.1, 0.15) is 5.56 Å². The molecule has 0 aliphatic carbocycles. The Balaban J connectivity index is 2.65. The highest BCUT2D eigenvalue weighted by atomic mass is 32.1. The lowest BCUT2D eigenvalue weighted by atomic mass is 10.2. The predicted molar refractivity (Wildman–Crippen MR) is 72.8 cm³/mol. The Morgan fingerprint density at radius 1 is 1.59 bits per heavy atom. The summed E-state index contributed by atoms with van der Waals surface area (Å²) in [6.45, 7) is 0.358. The van der Waals surface area contributed by atoms with E-state index < -0.39 is 0 Å².